The number of hydrogen-bond donors (Lipinski definition) is 4. The summed E-state index contributed by atoms with van der Waals surface area (Å²) >= 11 is 0. The Morgan fingerprint density at radius 2 is 1.68 bits per heavy atom. The van der Waals surface area contributed by atoms with Crippen LogP contribution in [0.3, 0.4) is 0 Å². The number of nitrogens with one attached hydrogen (secondary N) is 2. The van der Waals surface area contributed by atoms with E-state index < -0.39 is 10.0 Å². The molecule has 2 heterocycles. The van der Waals surface area contributed by atoms with Crippen molar-refractivity contribution < 1.29 is 8.42 Å². The lowest BCUT2D eigenvalue weighted by Gasteiger charge is -2.08. The van der Waals surface area contributed by atoms with Crippen LogP contribution in [0.1, 0.15) is 0 Å². The molecule has 25 heavy (non-hydrogen) atoms. The van der Waals surface area contributed by atoms with Crippen molar-refractivity contribution in [2.24, 2.45) is 26.8 Å². The number of rotatable bonds is 5. The maximum atomic E-state index is 12.4. The Morgan fingerprint density at radius 1 is 1.00 bits per heavy atom. The molecule has 0 bridgehead atoms. The third-order valence-electron chi connectivity index (χ3n) is 2.98. The summed E-state index contributed by atoms with van der Waals surface area (Å²) in [6, 6.07) is 7.55. The van der Waals surface area contributed by atoms with Crippen LogP contribution in [-0.4, -0.2) is 35.8 Å². The summed E-state index contributed by atoms with van der Waals surface area (Å²) in [4.78, 5) is 7.65. The van der Waals surface area contributed by atoms with Crippen molar-refractivity contribution in [3.63, 3.8) is 0 Å². The van der Waals surface area contributed by atoms with E-state index in [0.29, 0.717) is 5.69 Å². The second kappa shape index (κ2) is 6.52. The molecule has 1 aliphatic heterocycles. The molecular formula is C13H13N9O2S. The summed E-state index contributed by atoms with van der Waals surface area (Å²) in [6.07, 6.45) is 2.86. The Kier molecular flexibility index (Phi) is 4.26. The van der Waals surface area contributed by atoms with Crippen molar-refractivity contribution in [1.82, 2.24) is 9.97 Å². The SMILES string of the molecule is NC1=NN=C(N)C1=NNc1cccc(S(=O)(=O)Nc2ncccn2)c1. The average molecular weight is 359 g/mol. The van der Waals surface area contributed by atoms with E-state index >= 15 is 0 Å². The minimum atomic E-state index is -3.86. The molecule has 3 rings (SSSR count). The molecule has 0 spiro atoms. The number of nitrogens with two attached hydrogens (primary N) is 2. The highest BCUT2D eigenvalue weighted by Gasteiger charge is 2.18. The average Bonchev–Trinajstić information content (AvgIpc) is 2.92. The van der Waals surface area contributed by atoms with E-state index in [1.807, 2.05) is 0 Å². The summed E-state index contributed by atoms with van der Waals surface area (Å²) < 4.78 is 27.1. The smallest absolute Gasteiger partial charge is 0.264 e. The minimum Gasteiger partial charge on any atom is -0.380 e. The first-order valence-corrected chi connectivity index (χ1v) is 8.35. The first-order valence-electron chi connectivity index (χ1n) is 6.87. The number of sulfonamides is 1. The molecule has 11 nitrogen and oxygen atoms in total. The Hall–Kier alpha value is -3.54. The second-order valence-corrected chi connectivity index (χ2v) is 6.43. The predicted molar refractivity (Wildman–Crippen MR) is 93.6 cm³/mol. The van der Waals surface area contributed by atoms with Crippen LogP contribution >= 0.6 is 0 Å². The van der Waals surface area contributed by atoms with Gasteiger partial charge in [0.05, 0.1) is 10.6 Å². The molecule has 0 aliphatic carbocycles. The maximum Gasteiger partial charge on any atom is 0.264 e. The molecule has 0 atom stereocenters. The van der Waals surface area contributed by atoms with E-state index in [-0.39, 0.29) is 28.2 Å². The molecule has 1 aliphatic rings. The highest BCUT2D eigenvalue weighted by molar-refractivity contribution is 7.92. The van der Waals surface area contributed by atoms with Crippen molar-refractivity contribution in [2.45, 2.75) is 4.90 Å². The number of benzene rings is 1. The zero-order chi connectivity index (χ0) is 17.9. The summed E-state index contributed by atoms with van der Waals surface area (Å²) in [7, 11) is -3.86. The van der Waals surface area contributed by atoms with Crippen LogP contribution in [0, 0.1) is 0 Å². The lowest BCUT2D eigenvalue weighted by Crippen LogP contribution is -2.32. The van der Waals surface area contributed by atoms with E-state index in [1.165, 1.54) is 24.5 Å². The second-order valence-electron chi connectivity index (χ2n) is 4.75. The van der Waals surface area contributed by atoms with Gasteiger partial charge >= 0.3 is 0 Å². The van der Waals surface area contributed by atoms with Crippen LogP contribution in [0.15, 0.2) is 62.9 Å². The molecular weight excluding hydrogens is 346 g/mol. The third-order valence-corrected chi connectivity index (χ3v) is 4.31. The molecule has 6 N–H and O–H groups in total. The summed E-state index contributed by atoms with van der Waals surface area (Å²) in [5.41, 5.74) is 14.4. The first kappa shape index (κ1) is 16.3. The molecule has 0 fully saturated rings. The van der Waals surface area contributed by atoms with Gasteiger partial charge < -0.3 is 11.5 Å². The van der Waals surface area contributed by atoms with Gasteiger partial charge in [0.1, 0.15) is 0 Å². The molecule has 0 saturated carbocycles. The Bertz CT molecular complexity index is 964. The van der Waals surface area contributed by atoms with Gasteiger partial charge in [0.15, 0.2) is 17.4 Å². The van der Waals surface area contributed by atoms with Crippen LogP contribution in [0.25, 0.3) is 0 Å². The van der Waals surface area contributed by atoms with E-state index in [9.17, 15) is 8.42 Å². The predicted octanol–water partition coefficient (Wildman–Crippen LogP) is -0.312. The largest absolute Gasteiger partial charge is 0.380 e. The topological polar surface area (TPSA) is 173 Å². The molecule has 1 aromatic heterocycles. The number of amidine groups is 2. The van der Waals surface area contributed by atoms with E-state index in [2.05, 4.69) is 35.4 Å². The standard InChI is InChI=1S/C13H13N9O2S/c14-11-10(12(15)21-20-11)19-18-8-3-1-4-9(7-8)25(23,24)22-13-16-5-2-6-17-13/h1-7,18H,(H,16,17,22)(H4,14,15,19,20,21). The normalized spacial score (nSPS) is 13.8. The zero-order valence-corrected chi connectivity index (χ0v) is 13.5. The Balaban J connectivity index is 1.81. The molecule has 0 unspecified atom stereocenters. The van der Waals surface area contributed by atoms with Gasteiger partial charge in [-0.05, 0) is 24.3 Å². The maximum absolute atomic E-state index is 12.4. The van der Waals surface area contributed by atoms with Crippen LogP contribution in [0.2, 0.25) is 0 Å². The summed E-state index contributed by atoms with van der Waals surface area (Å²) in [5.74, 6) is 0.105. The Labute approximate surface area is 142 Å². The molecule has 0 radical (unpaired) electrons. The first-order chi connectivity index (χ1) is 12.0. The van der Waals surface area contributed by atoms with Crippen LogP contribution in [0.4, 0.5) is 11.6 Å². The van der Waals surface area contributed by atoms with Gasteiger partial charge in [-0.25, -0.2) is 23.1 Å². The van der Waals surface area contributed by atoms with Gasteiger partial charge in [-0.15, -0.1) is 10.2 Å². The number of hydrogen-bond acceptors (Lipinski definition) is 10. The monoisotopic (exact) mass is 359 g/mol. The molecule has 128 valence electrons. The molecule has 12 heteroatoms. The van der Waals surface area contributed by atoms with Gasteiger partial charge in [0.2, 0.25) is 5.95 Å². The fourth-order valence-electron chi connectivity index (χ4n) is 1.83. The van der Waals surface area contributed by atoms with Crippen LogP contribution < -0.4 is 21.6 Å². The van der Waals surface area contributed by atoms with Gasteiger partial charge in [-0.1, -0.05) is 6.07 Å². The fourth-order valence-corrected chi connectivity index (χ4v) is 2.84. The zero-order valence-electron chi connectivity index (χ0n) is 12.7. The molecule has 1 aromatic carbocycles. The van der Waals surface area contributed by atoms with Crippen molar-refractivity contribution in [3.05, 3.63) is 42.7 Å². The van der Waals surface area contributed by atoms with Crippen molar-refractivity contribution >= 4 is 39.0 Å². The van der Waals surface area contributed by atoms with Gasteiger partial charge in [0, 0.05) is 12.4 Å². The lowest BCUT2D eigenvalue weighted by molar-refractivity contribution is 0.601. The lowest BCUT2D eigenvalue weighted by atomic mass is 10.3. The summed E-state index contributed by atoms with van der Waals surface area (Å²) in [5, 5.41) is 11.1. The van der Waals surface area contributed by atoms with E-state index in [4.69, 9.17) is 11.5 Å². The number of aromatic nitrogens is 2. The van der Waals surface area contributed by atoms with Crippen molar-refractivity contribution in [2.75, 3.05) is 10.1 Å². The van der Waals surface area contributed by atoms with Crippen LogP contribution in [0.5, 0.6) is 0 Å². The van der Waals surface area contributed by atoms with Gasteiger partial charge in [-0.3, -0.25) is 5.43 Å². The molecule has 0 amide bonds. The Morgan fingerprint density at radius 3 is 2.36 bits per heavy atom. The van der Waals surface area contributed by atoms with Crippen molar-refractivity contribution in [1.29, 1.82) is 0 Å². The number of nitrogens with zero attached hydrogens (tertiary/aromatic N) is 5. The minimum absolute atomic E-state index is 0.000136. The molecule has 2 aromatic rings. The quantitative estimate of drug-likeness (QED) is 0.530. The van der Waals surface area contributed by atoms with E-state index in [1.54, 1.807) is 18.2 Å². The highest BCUT2D eigenvalue weighted by atomic mass is 32.2. The number of hydrazone groups is 1. The third kappa shape index (κ3) is 3.69. The van der Waals surface area contributed by atoms with Crippen LogP contribution in [-0.2, 0) is 10.0 Å². The van der Waals surface area contributed by atoms with E-state index in [0.717, 1.165) is 0 Å². The number of anilines is 2. The van der Waals surface area contributed by atoms with Gasteiger partial charge in [-0.2, -0.15) is 5.10 Å². The van der Waals surface area contributed by atoms with Gasteiger partial charge in [0.25, 0.3) is 10.0 Å². The van der Waals surface area contributed by atoms with Crippen molar-refractivity contribution in [3.8, 4) is 0 Å². The molecule has 0 saturated heterocycles. The fraction of sp³-hybridized carbons (Fsp3) is 0. The highest BCUT2D eigenvalue weighted by Crippen LogP contribution is 2.17. The summed E-state index contributed by atoms with van der Waals surface area (Å²) in [6.45, 7) is 0.